The maximum Gasteiger partial charge on any atom is 0.282 e. The molecule has 0 aliphatic carbocycles. The molecule has 0 bridgehead atoms. The monoisotopic (exact) mass is 721 g/mol. The maximum absolute atomic E-state index is 13.9. The van der Waals surface area contributed by atoms with E-state index in [0.717, 1.165) is 32.5 Å². The van der Waals surface area contributed by atoms with E-state index in [1.54, 1.807) is 24.4 Å². The summed E-state index contributed by atoms with van der Waals surface area (Å²) in [6.45, 7) is 9.07. The molecule has 0 aliphatic heterocycles. The second-order valence-electron chi connectivity index (χ2n) is 10.3. The SMILES string of the molecule is CCOc1cc(C)c(-c2nc3ccccc3c(=O)n2N=Cc2cc(Cl)cc(Br)c2OCc2ccc(Br)cc2)cc1C(C)C. The summed E-state index contributed by atoms with van der Waals surface area (Å²) in [4.78, 5) is 18.8. The number of para-hydroxylation sites is 1. The van der Waals surface area contributed by atoms with Gasteiger partial charge in [0.25, 0.3) is 5.56 Å². The molecule has 6 nitrogen and oxygen atoms in total. The summed E-state index contributed by atoms with van der Waals surface area (Å²) in [7, 11) is 0. The fraction of sp³-hybridized carbons (Fsp3) is 0.206. The van der Waals surface area contributed by atoms with Gasteiger partial charge in [-0.2, -0.15) is 9.78 Å². The fourth-order valence-electron chi connectivity index (χ4n) is 4.76. The Balaban J connectivity index is 1.65. The first-order valence-corrected chi connectivity index (χ1v) is 15.8. The molecule has 1 heterocycles. The van der Waals surface area contributed by atoms with Crippen molar-refractivity contribution in [1.82, 2.24) is 9.66 Å². The number of hydrogen-bond donors (Lipinski definition) is 0. The molecule has 0 unspecified atom stereocenters. The molecular formula is C34H30Br2ClN3O3. The van der Waals surface area contributed by atoms with Gasteiger partial charge in [0, 0.05) is 20.6 Å². The van der Waals surface area contributed by atoms with Gasteiger partial charge < -0.3 is 9.47 Å². The van der Waals surface area contributed by atoms with Crippen LogP contribution in [0.15, 0.2) is 91.6 Å². The Morgan fingerprint density at radius 2 is 1.77 bits per heavy atom. The summed E-state index contributed by atoms with van der Waals surface area (Å²) in [6.07, 6.45) is 1.59. The van der Waals surface area contributed by atoms with Gasteiger partial charge in [0.2, 0.25) is 0 Å². The zero-order valence-corrected chi connectivity index (χ0v) is 28.1. The first-order valence-electron chi connectivity index (χ1n) is 13.9. The molecule has 5 aromatic rings. The Hall–Kier alpha value is -3.46. The van der Waals surface area contributed by atoms with E-state index >= 15 is 0 Å². The lowest BCUT2D eigenvalue weighted by Crippen LogP contribution is -2.21. The predicted octanol–water partition coefficient (Wildman–Crippen LogP) is 9.53. The van der Waals surface area contributed by atoms with Crippen LogP contribution in [0.5, 0.6) is 11.5 Å². The van der Waals surface area contributed by atoms with Gasteiger partial charge in [-0.1, -0.05) is 65.6 Å². The third-order valence-corrected chi connectivity index (χ3v) is 8.26. The molecule has 0 spiro atoms. The predicted molar refractivity (Wildman–Crippen MR) is 182 cm³/mol. The van der Waals surface area contributed by atoms with Crippen molar-refractivity contribution in [2.75, 3.05) is 6.61 Å². The third-order valence-electron chi connectivity index (χ3n) is 6.92. The van der Waals surface area contributed by atoms with Crippen molar-refractivity contribution in [3.63, 3.8) is 0 Å². The van der Waals surface area contributed by atoms with Crippen LogP contribution in [-0.4, -0.2) is 22.5 Å². The van der Waals surface area contributed by atoms with Crippen LogP contribution in [-0.2, 0) is 6.61 Å². The maximum atomic E-state index is 13.9. The molecule has 0 N–H and O–H groups in total. The third kappa shape index (κ3) is 6.87. The van der Waals surface area contributed by atoms with Gasteiger partial charge in [0.15, 0.2) is 5.82 Å². The van der Waals surface area contributed by atoms with E-state index in [2.05, 4.69) is 51.8 Å². The van der Waals surface area contributed by atoms with E-state index < -0.39 is 0 Å². The van der Waals surface area contributed by atoms with Gasteiger partial charge in [-0.05, 0) is 101 Å². The van der Waals surface area contributed by atoms with Crippen molar-refractivity contribution >= 4 is 60.6 Å². The molecule has 5 rings (SSSR count). The summed E-state index contributed by atoms with van der Waals surface area (Å²) in [5.41, 5.74) is 4.66. The molecule has 9 heteroatoms. The van der Waals surface area contributed by atoms with Crippen molar-refractivity contribution in [2.24, 2.45) is 5.10 Å². The van der Waals surface area contributed by atoms with E-state index in [1.165, 1.54) is 4.68 Å². The summed E-state index contributed by atoms with van der Waals surface area (Å²) >= 11 is 13.5. The van der Waals surface area contributed by atoms with E-state index in [0.29, 0.717) is 50.7 Å². The van der Waals surface area contributed by atoms with E-state index in [9.17, 15) is 4.79 Å². The number of aromatic nitrogens is 2. The highest BCUT2D eigenvalue weighted by molar-refractivity contribution is 9.10. The van der Waals surface area contributed by atoms with Crippen LogP contribution < -0.4 is 15.0 Å². The van der Waals surface area contributed by atoms with Crippen LogP contribution in [0.4, 0.5) is 0 Å². The number of rotatable bonds is 9. The van der Waals surface area contributed by atoms with Crippen molar-refractivity contribution in [3.05, 3.63) is 119 Å². The van der Waals surface area contributed by atoms with Gasteiger partial charge in [-0.25, -0.2) is 4.98 Å². The molecule has 0 saturated carbocycles. The average molecular weight is 724 g/mol. The number of hydrogen-bond acceptors (Lipinski definition) is 5. The van der Waals surface area contributed by atoms with Crippen molar-refractivity contribution in [1.29, 1.82) is 0 Å². The van der Waals surface area contributed by atoms with Gasteiger partial charge in [-0.3, -0.25) is 4.79 Å². The molecule has 0 radical (unpaired) electrons. The van der Waals surface area contributed by atoms with E-state index in [-0.39, 0.29) is 11.5 Å². The first kappa shape index (κ1) is 31.0. The van der Waals surface area contributed by atoms with Crippen molar-refractivity contribution < 1.29 is 9.47 Å². The molecule has 43 heavy (non-hydrogen) atoms. The Morgan fingerprint density at radius 1 is 1.02 bits per heavy atom. The number of aryl methyl sites for hydroxylation is 1. The number of halogens is 3. The fourth-order valence-corrected chi connectivity index (χ4v) is 5.97. The topological polar surface area (TPSA) is 65.7 Å². The summed E-state index contributed by atoms with van der Waals surface area (Å²) < 4.78 is 15.2. The summed E-state index contributed by atoms with van der Waals surface area (Å²) in [6, 6.07) is 22.8. The lowest BCUT2D eigenvalue weighted by atomic mass is 9.96. The Labute approximate surface area is 272 Å². The Morgan fingerprint density at radius 3 is 2.49 bits per heavy atom. The molecule has 0 saturated heterocycles. The lowest BCUT2D eigenvalue weighted by Gasteiger charge is -2.18. The lowest BCUT2D eigenvalue weighted by molar-refractivity contribution is 0.304. The minimum atomic E-state index is -0.283. The van der Waals surface area contributed by atoms with Crippen LogP contribution in [0.3, 0.4) is 0 Å². The van der Waals surface area contributed by atoms with E-state index in [4.69, 9.17) is 31.2 Å². The van der Waals surface area contributed by atoms with Crippen LogP contribution in [0.25, 0.3) is 22.3 Å². The highest BCUT2D eigenvalue weighted by Gasteiger charge is 2.19. The molecular weight excluding hydrogens is 694 g/mol. The van der Waals surface area contributed by atoms with Crippen molar-refractivity contribution in [2.45, 2.75) is 40.2 Å². The molecule has 0 aliphatic rings. The molecule has 0 amide bonds. The van der Waals surface area contributed by atoms with Crippen LogP contribution >= 0.6 is 43.5 Å². The quantitative estimate of drug-likeness (QED) is 0.142. The summed E-state index contributed by atoms with van der Waals surface area (Å²) in [5.74, 6) is 2.01. The van der Waals surface area contributed by atoms with Crippen molar-refractivity contribution in [3.8, 4) is 22.9 Å². The number of benzene rings is 4. The van der Waals surface area contributed by atoms with Crippen LogP contribution in [0.1, 0.15) is 48.9 Å². The zero-order chi connectivity index (χ0) is 30.7. The van der Waals surface area contributed by atoms with Gasteiger partial charge in [-0.15, -0.1) is 0 Å². The average Bonchev–Trinajstić information content (AvgIpc) is 2.97. The minimum absolute atomic E-state index is 0.194. The van der Waals surface area contributed by atoms with Gasteiger partial charge >= 0.3 is 0 Å². The number of ether oxygens (including phenoxy) is 2. The normalized spacial score (nSPS) is 11.5. The molecule has 220 valence electrons. The highest BCUT2D eigenvalue weighted by atomic mass is 79.9. The van der Waals surface area contributed by atoms with Gasteiger partial charge in [0.05, 0.1) is 28.2 Å². The van der Waals surface area contributed by atoms with Crippen LogP contribution in [0.2, 0.25) is 5.02 Å². The Bertz CT molecular complexity index is 1890. The number of nitrogens with zero attached hydrogens (tertiary/aromatic N) is 3. The second-order valence-corrected chi connectivity index (χ2v) is 12.5. The van der Waals surface area contributed by atoms with Gasteiger partial charge in [0.1, 0.15) is 18.1 Å². The minimum Gasteiger partial charge on any atom is -0.494 e. The molecule has 4 aromatic carbocycles. The molecule has 1 aromatic heterocycles. The standard InChI is InChI=1S/C34H30Br2ClN3O3/c1-5-42-31-14-21(4)28(17-27(31)20(2)3)33-39-30-9-7-6-8-26(30)34(41)40(33)38-18-23-15-25(37)16-29(36)32(23)43-19-22-10-12-24(35)13-11-22/h6-18,20H,5,19H2,1-4H3. The first-order chi connectivity index (χ1) is 20.7. The zero-order valence-electron chi connectivity index (χ0n) is 24.2. The largest absolute Gasteiger partial charge is 0.494 e. The smallest absolute Gasteiger partial charge is 0.282 e. The molecule has 0 atom stereocenters. The Kier molecular flexibility index (Phi) is 9.69. The van der Waals surface area contributed by atoms with E-state index in [1.807, 2.05) is 62.4 Å². The molecule has 0 fully saturated rings. The second kappa shape index (κ2) is 13.5. The summed E-state index contributed by atoms with van der Waals surface area (Å²) in [5, 5.41) is 5.67. The highest BCUT2D eigenvalue weighted by Crippen LogP contribution is 2.35. The van der Waals surface area contributed by atoms with Crippen LogP contribution in [0, 0.1) is 6.92 Å². The number of fused-ring (bicyclic) bond motifs is 1.